The Balaban J connectivity index is 1.27. The van der Waals surface area contributed by atoms with E-state index in [0.29, 0.717) is 50.2 Å². The van der Waals surface area contributed by atoms with Crippen LogP contribution in [-0.2, 0) is 14.2 Å². The summed E-state index contributed by atoms with van der Waals surface area (Å²) in [5.41, 5.74) is 0.940. The molecule has 2 amide bonds. The number of carbonyl (C=O) groups excluding carboxylic acids is 2. The van der Waals surface area contributed by atoms with Crippen LogP contribution < -0.4 is 19.1 Å². The molecule has 4 aliphatic heterocycles. The summed E-state index contributed by atoms with van der Waals surface area (Å²) in [6.45, 7) is 3.09. The Morgan fingerprint density at radius 1 is 0.750 bits per heavy atom. The summed E-state index contributed by atoms with van der Waals surface area (Å²) in [5.74, 6) is 0.463. The maximum atomic E-state index is 13.4. The van der Waals surface area contributed by atoms with Crippen molar-refractivity contribution >= 4 is 17.5 Å². The van der Waals surface area contributed by atoms with E-state index in [1.165, 1.54) is 0 Å². The van der Waals surface area contributed by atoms with Crippen LogP contribution in [0.1, 0.15) is 20.7 Å². The lowest BCUT2D eigenvalue weighted by Crippen LogP contribution is -2.29. The second-order valence-corrected chi connectivity index (χ2v) is 8.05. The number of ether oxygens (including phenoxy) is 6. The molecule has 9 heteroatoms. The number of anilines is 1. The molecule has 0 radical (unpaired) electrons. The molecule has 0 N–H and O–H groups in total. The summed E-state index contributed by atoms with van der Waals surface area (Å²) in [4.78, 5) is 27.6. The number of hydrogen-bond acceptors (Lipinski definition) is 8. The van der Waals surface area contributed by atoms with E-state index in [-0.39, 0.29) is 41.8 Å². The van der Waals surface area contributed by atoms with Crippen LogP contribution in [0.4, 0.5) is 5.69 Å². The molecule has 3 atom stereocenters. The lowest BCUT2D eigenvalue weighted by Gasteiger charge is -2.16. The molecule has 0 saturated carbocycles. The molecule has 2 aromatic rings. The zero-order valence-corrected chi connectivity index (χ0v) is 17.2. The fourth-order valence-corrected chi connectivity index (χ4v) is 3.50. The molecular weight excluding hydrogens is 418 g/mol. The van der Waals surface area contributed by atoms with Gasteiger partial charge in [0.1, 0.15) is 43.9 Å². The predicted molar refractivity (Wildman–Crippen MR) is 110 cm³/mol. The third-order valence-electron chi connectivity index (χ3n) is 5.55. The molecular formula is C23H21NO8. The number of hydrogen-bond donors (Lipinski definition) is 0. The fourth-order valence-electron chi connectivity index (χ4n) is 3.50. The zero-order chi connectivity index (χ0) is 21.7. The van der Waals surface area contributed by atoms with Crippen molar-refractivity contribution in [3.63, 3.8) is 0 Å². The minimum absolute atomic E-state index is 0.0117. The second-order valence-electron chi connectivity index (χ2n) is 8.05. The lowest BCUT2D eigenvalue weighted by atomic mass is 10.1. The molecule has 0 aliphatic carbocycles. The van der Waals surface area contributed by atoms with Gasteiger partial charge in [0.25, 0.3) is 11.8 Å². The van der Waals surface area contributed by atoms with Gasteiger partial charge in [0.05, 0.1) is 36.6 Å². The molecule has 6 rings (SSSR count). The van der Waals surface area contributed by atoms with Crippen LogP contribution in [0.5, 0.6) is 17.2 Å². The van der Waals surface area contributed by atoms with Gasteiger partial charge < -0.3 is 28.4 Å². The minimum atomic E-state index is -0.454. The van der Waals surface area contributed by atoms with Gasteiger partial charge in [0.15, 0.2) is 11.5 Å². The van der Waals surface area contributed by atoms with E-state index in [4.69, 9.17) is 28.4 Å². The highest BCUT2D eigenvalue weighted by atomic mass is 16.6. The number of epoxide rings is 3. The normalized spacial score (nSPS) is 24.9. The molecule has 0 spiro atoms. The van der Waals surface area contributed by atoms with Gasteiger partial charge in [0.2, 0.25) is 0 Å². The minimum Gasteiger partial charge on any atom is -0.491 e. The van der Waals surface area contributed by atoms with Gasteiger partial charge in [-0.3, -0.25) is 9.59 Å². The van der Waals surface area contributed by atoms with Crippen LogP contribution in [0.2, 0.25) is 0 Å². The molecule has 2 aromatic carbocycles. The van der Waals surface area contributed by atoms with Crippen molar-refractivity contribution in [1.82, 2.24) is 0 Å². The van der Waals surface area contributed by atoms with E-state index in [1.54, 1.807) is 36.4 Å². The number of imide groups is 1. The largest absolute Gasteiger partial charge is 0.491 e. The van der Waals surface area contributed by atoms with Crippen molar-refractivity contribution in [2.45, 2.75) is 18.3 Å². The van der Waals surface area contributed by atoms with E-state index in [2.05, 4.69) is 0 Å². The Bertz CT molecular complexity index is 1060. The molecule has 4 aliphatic rings. The third-order valence-corrected chi connectivity index (χ3v) is 5.55. The van der Waals surface area contributed by atoms with Crippen LogP contribution in [-0.4, -0.2) is 69.8 Å². The average Bonchev–Trinajstić information content (AvgIpc) is 3.67. The van der Waals surface area contributed by atoms with Gasteiger partial charge in [0, 0.05) is 0 Å². The van der Waals surface area contributed by atoms with E-state index >= 15 is 0 Å². The summed E-state index contributed by atoms with van der Waals surface area (Å²) in [6, 6.07) is 10.1. The number of fused-ring (bicyclic) bond motifs is 1. The molecule has 32 heavy (non-hydrogen) atoms. The Labute approximate surface area is 183 Å². The number of nitrogens with zero attached hydrogens (tertiary/aromatic N) is 1. The third kappa shape index (κ3) is 3.90. The van der Waals surface area contributed by atoms with Gasteiger partial charge in [-0.2, -0.15) is 0 Å². The van der Waals surface area contributed by atoms with Crippen LogP contribution in [0, 0.1) is 0 Å². The van der Waals surface area contributed by atoms with Crippen LogP contribution in [0.25, 0.3) is 0 Å². The van der Waals surface area contributed by atoms with Crippen molar-refractivity contribution in [3.8, 4) is 17.2 Å². The topological polar surface area (TPSA) is 103 Å². The maximum absolute atomic E-state index is 13.4. The van der Waals surface area contributed by atoms with E-state index < -0.39 is 11.8 Å². The highest BCUT2D eigenvalue weighted by Crippen LogP contribution is 2.41. The first-order valence-electron chi connectivity index (χ1n) is 10.6. The summed E-state index contributed by atoms with van der Waals surface area (Å²) in [6.07, 6.45) is 0.180. The van der Waals surface area contributed by atoms with Crippen LogP contribution >= 0.6 is 0 Å². The van der Waals surface area contributed by atoms with E-state index in [9.17, 15) is 9.59 Å². The standard InChI is InChI=1S/C23H21NO8/c25-22-18-5-6-19(31-11-16-9-29-16)21(32-12-17-10-30-17)20(18)23(26)24(22)13-1-3-14(4-2-13)27-7-15-8-28-15/h1-6,15-17H,7-12H2. The Morgan fingerprint density at radius 3 is 1.97 bits per heavy atom. The molecule has 3 unspecified atom stereocenters. The molecule has 166 valence electrons. The first-order valence-corrected chi connectivity index (χ1v) is 10.6. The first-order chi connectivity index (χ1) is 15.7. The molecule has 3 fully saturated rings. The van der Waals surface area contributed by atoms with Gasteiger partial charge in [-0.05, 0) is 36.4 Å². The number of carbonyl (C=O) groups is 2. The average molecular weight is 439 g/mol. The van der Waals surface area contributed by atoms with Gasteiger partial charge in [-0.15, -0.1) is 0 Å². The van der Waals surface area contributed by atoms with Crippen molar-refractivity contribution in [2.24, 2.45) is 0 Å². The highest BCUT2D eigenvalue weighted by molar-refractivity contribution is 6.35. The molecule has 0 bridgehead atoms. The van der Waals surface area contributed by atoms with Crippen LogP contribution in [0.3, 0.4) is 0 Å². The first kappa shape index (κ1) is 19.5. The molecule has 3 saturated heterocycles. The van der Waals surface area contributed by atoms with Gasteiger partial charge >= 0.3 is 0 Å². The molecule has 0 aromatic heterocycles. The quantitative estimate of drug-likeness (QED) is 0.408. The predicted octanol–water partition coefficient (Wildman–Crippen LogP) is 1.82. The summed E-state index contributed by atoms with van der Waals surface area (Å²) in [5, 5.41) is 0. The monoisotopic (exact) mass is 439 g/mol. The highest BCUT2D eigenvalue weighted by Gasteiger charge is 2.41. The van der Waals surface area contributed by atoms with E-state index in [1.807, 2.05) is 0 Å². The Morgan fingerprint density at radius 2 is 1.34 bits per heavy atom. The van der Waals surface area contributed by atoms with Crippen LogP contribution in [0.15, 0.2) is 36.4 Å². The zero-order valence-electron chi connectivity index (χ0n) is 17.2. The fraction of sp³-hybridized carbons (Fsp3) is 0.391. The van der Waals surface area contributed by atoms with Crippen molar-refractivity contribution in [2.75, 3.05) is 44.5 Å². The Hall–Kier alpha value is -3.14. The lowest BCUT2D eigenvalue weighted by molar-refractivity contribution is 0.0924. The van der Waals surface area contributed by atoms with E-state index in [0.717, 1.165) is 4.90 Å². The SMILES string of the molecule is O=C1c2ccc(OCC3CO3)c(OCC3CO3)c2C(=O)N1c1ccc(OCC2CO2)cc1. The number of benzene rings is 2. The number of amides is 2. The summed E-state index contributed by atoms with van der Waals surface area (Å²) in [7, 11) is 0. The summed E-state index contributed by atoms with van der Waals surface area (Å²) < 4.78 is 32.9. The van der Waals surface area contributed by atoms with Gasteiger partial charge in [-0.1, -0.05) is 0 Å². The Kier molecular flexibility index (Phi) is 4.74. The molecule has 4 heterocycles. The van der Waals surface area contributed by atoms with Gasteiger partial charge in [-0.25, -0.2) is 4.90 Å². The number of rotatable bonds is 10. The van der Waals surface area contributed by atoms with Crippen molar-refractivity contribution in [1.29, 1.82) is 0 Å². The smallest absolute Gasteiger partial charge is 0.270 e. The molecule has 9 nitrogen and oxygen atoms in total. The maximum Gasteiger partial charge on any atom is 0.270 e. The van der Waals surface area contributed by atoms with Crippen molar-refractivity contribution < 1.29 is 38.0 Å². The second kappa shape index (κ2) is 7.77. The summed E-state index contributed by atoms with van der Waals surface area (Å²) >= 11 is 0. The van der Waals surface area contributed by atoms with Crippen molar-refractivity contribution in [3.05, 3.63) is 47.5 Å².